The second kappa shape index (κ2) is 7.58. The van der Waals surface area contributed by atoms with Crippen LogP contribution in [-0.4, -0.2) is 25.3 Å². The number of ether oxygens (including phenoxy) is 2. The number of carboxylic acid groups (broad SMARTS) is 1. The lowest BCUT2D eigenvalue weighted by Crippen LogP contribution is -2.20. The van der Waals surface area contributed by atoms with Gasteiger partial charge in [0.1, 0.15) is 22.8 Å². The van der Waals surface area contributed by atoms with E-state index in [-0.39, 0.29) is 11.8 Å². The molecule has 2 atom stereocenters. The van der Waals surface area contributed by atoms with Gasteiger partial charge in [-0.1, -0.05) is 18.6 Å². The molecule has 0 bridgehead atoms. The number of carbonyl (C=O) groups is 1. The molecular weight excluding hydrogens is 356 g/mol. The summed E-state index contributed by atoms with van der Waals surface area (Å²) < 4.78 is 17.0. The van der Waals surface area contributed by atoms with Crippen molar-refractivity contribution in [3.05, 3.63) is 48.0 Å². The number of carboxylic acids is 1. The van der Waals surface area contributed by atoms with Gasteiger partial charge in [-0.2, -0.15) is 0 Å². The van der Waals surface area contributed by atoms with Gasteiger partial charge in [0.2, 0.25) is 0 Å². The molecule has 1 N–H and O–H groups in total. The van der Waals surface area contributed by atoms with Crippen molar-refractivity contribution < 1.29 is 23.8 Å². The Bertz CT molecular complexity index is 1000. The number of fused-ring (bicyclic) bond motifs is 1. The first-order valence-electron chi connectivity index (χ1n) is 9.57. The molecule has 1 fully saturated rings. The lowest BCUT2D eigenvalue weighted by Gasteiger charge is -2.16. The van der Waals surface area contributed by atoms with Crippen molar-refractivity contribution in [2.24, 2.45) is 11.8 Å². The fourth-order valence-corrected chi connectivity index (χ4v) is 4.32. The Hall–Kier alpha value is -2.95. The summed E-state index contributed by atoms with van der Waals surface area (Å²) in [5.41, 5.74) is 2.74. The lowest BCUT2D eigenvalue weighted by atomic mass is 9.87. The molecule has 0 amide bonds. The topological polar surface area (TPSA) is 68.9 Å². The van der Waals surface area contributed by atoms with E-state index in [2.05, 4.69) is 0 Å². The van der Waals surface area contributed by atoms with Crippen LogP contribution in [0.3, 0.4) is 0 Å². The minimum atomic E-state index is -0.698. The second-order valence-electron chi connectivity index (χ2n) is 7.34. The molecular formula is C23H24O5. The van der Waals surface area contributed by atoms with Crippen LogP contribution in [0.4, 0.5) is 0 Å². The van der Waals surface area contributed by atoms with Gasteiger partial charge < -0.3 is 19.0 Å². The van der Waals surface area contributed by atoms with E-state index < -0.39 is 5.97 Å². The normalized spacial score (nSPS) is 19.1. The highest BCUT2D eigenvalue weighted by Crippen LogP contribution is 2.42. The molecule has 0 aliphatic heterocycles. The van der Waals surface area contributed by atoms with Crippen LogP contribution in [0.2, 0.25) is 0 Å². The van der Waals surface area contributed by atoms with Crippen LogP contribution in [0, 0.1) is 11.8 Å². The van der Waals surface area contributed by atoms with Crippen LogP contribution >= 0.6 is 0 Å². The van der Waals surface area contributed by atoms with E-state index in [1.807, 2.05) is 42.5 Å². The molecule has 0 radical (unpaired) electrons. The number of furan rings is 1. The van der Waals surface area contributed by atoms with Gasteiger partial charge in [-0.05, 0) is 55.5 Å². The number of methoxy groups -OCH3 is 2. The average molecular weight is 380 g/mol. The van der Waals surface area contributed by atoms with Gasteiger partial charge >= 0.3 is 5.97 Å². The molecule has 4 rings (SSSR count). The highest BCUT2D eigenvalue weighted by molar-refractivity contribution is 5.89. The number of rotatable bonds is 6. The van der Waals surface area contributed by atoms with E-state index in [4.69, 9.17) is 13.9 Å². The fourth-order valence-electron chi connectivity index (χ4n) is 4.32. The minimum Gasteiger partial charge on any atom is -0.497 e. The third-order valence-electron chi connectivity index (χ3n) is 5.77. The van der Waals surface area contributed by atoms with Crippen molar-refractivity contribution in [3.8, 4) is 22.8 Å². The molecule has 2 unspecified atom stereocenters. The molecule has 146 valence electrons. The zero-order chi connectivity index (χ0) is 19.7. The van der Waals surface area contributed by atoms with E-state index in [1.165, 1.54) is 0 Å². The zero-order valence-corrected chi connectivity index (χ0v) is 16.1. The Morgan fingerprint density at radius 2 is 1.89 bits per heavy atom. The van der Waals surface area contributed by atoms with Gasteiger partial charge in [-0.3, -0.25) is 4.79 Å². The summed E-state index contributed by atoms with van der Waals surface area (Å²) in [6, 6.07) is 13.5. The van der Waals surface area contributed by atoms with Crippen molar-refractivity contribution in [2.45, 2.75) is 25.7 Å². The lowest BCUT2D eigenvalue weighted by molar-refractivity contribution is -0.142. The number of aliphatic carboxylic acids is 1. The van der Waals surface area contributed by atoms with Crippen LogP contribution in [0.25, 0.3) is 22.3 Å². The first-order valence-corrected chi connectivity index (χ1v) is 9.57. The maximum Gasteiger partial charge on any atom is 0.306 e. The summed E-state index contributed by atoms with van der Waals surface area (Å²) in [7, 11) is 3.28. The first-order chi connectivity index (χ1) is 13.6. The standard InChI is InChI=1S/C23H24O5/c1-26-16-7-3-6-15(11-16)22-20(12-14-5-4-8-18(14)23(24)25)19-13-17(27-2)9-10-21(19)28-22/h3,6-7,9-11,13-14,18H,4-5,8,12H2,1-2H3,(H,24,25). The monoisotopic (exact) mass is 380 g/mol. The van der Waals surface area contributed by atoms with Gasteiger partial charge in [0.25, 0.3) is 0 Å². The summed E-state index contributed by atoms with van der Waals surface area (Å²) in [6.07, 6.45) is 3.29. The largest absolute Gasteiger partial charge is 0.497 e. The summed E-state index contributed by atoms with van der Waals surface area (Å²) in [4.78, 5) is 11.7. The van der Waals surface area contributed by atoms with Gasteiger partial charge in [-0.25, -0.2) is 0 Å². The van der Waals surface area contributed by atoms with Gasteiger partial charge in [0.15, 0.2) is 0 Å². The SMILES string of the molecule is COc1cccc(-c2oc3ccc(OC)cc3c2CC2CCCC2C(=O)O)c1. The molecule has 1 aliphatic rings. The maximum atomic E-state index is 11.7. The molecule has 3 aromatic rings. The highest BCUT2D eigenvalue weighted by atomic mass is 16.5. The van der Waals surface area contributed by atoms with Crippen molar-refractivity contribution in [3.63, 3.8) is 0 Å². The maximum absolute atomic E-state index is 11.7. The van der Waals surface area contributed by atoms with E-state index in [9.17, 15) is 9.90 Å². The Morgan fingerprint density at radius 3 is 2.64 bits per heavy atom. The van der Waals surface area contributed by atoms with E-state index in [0.29, 0.717) is 6.42 Å². The molecule has 1 saturated carbocycles. The molecule has 0 saturated heterocycles. The van der Waals surface area contributed by atoms with Crippen LogP contribution < -0.4 is 9.47 Å². The van der Waals surface area contributed by atoms with E-state index >= 15 is 0 Å². The van der Waals surface area contributed by atoms with Crippen LogP contribution in [0.1, 0.15) is 24.8 Å². The summed E-state index contributed by atoms with van der Waals surface area (Å²) >= 11 is 0. The van der Waals surface area contributed by atoms with Gasteiger partial charge in [-0.15, -0.1) is 0 Å². The van der Waals surface area contributed by atoms with Gasteiger partial charge in [0, 0.05) is 16.5 Å². The summed E-state index contributed by atoms with van der Waals surface area (Å²) in [6.45, 7) is 0. The van der Waals surface area contributed by atoms with Crippen LogP contribution in [0.15, 0.2) is 46.9 Å². The summed E-state index contributed by atoms with van der Waals surface area (Å²) in [5.74, 6) is 1.40. The third-order valence-corrected chi connectivity index (χ3v) is 5.77. The predicted molar refractivity (Wildman–Crippen MR) is 107 cm³/mol. The molecule has 5 nitrogen and oxygen atoms in total. The van der Waals surface area contributed by atoms with E-state index in [0.717, 1.165) is 58.6 Å². The van der Waals surface area contributed by atoms with E-state index in [1.54, 1.807) is 14.2 Å². The third kappa shape index (κ3) is 3.33. The zero-order valence-electron chi connectivity index (χ0n) is 16.1. The second-order valence-corrected chi connectivity index (χ2v) is 7.34. The Kier molecular flexibility index (Phi) is 4.99. The molecule has 1 aliphatic carbocycles. The fraction of sp³-hybridized carbons (Fsp3) is 0.348. The smallest absolute Gasteiger partial charge is 0.306 e. The Labute approximate surface area is 163 Å². The minimum absolute atomic E-state index is 0.105. The molecule has 2 aromatic carbocycles. The average Bonchev–Trinajstić information content (AvgIpc) is 3.33. The van der Waals surface area contributed by atoms with Crippen LogP contribution in [-0.2, 0) is 11.2 Å². The number of hydrogen-bond acceptors (Lipinski definition) is 4. The Morgan fingerprint density at radius 1 is 1.11 bits per heavy atom. The molecule has 0 spiro atoms. The van der Waals surface area contributed by atoms with Crippen molar-refractivity contribution >= 4 is 16.9 Å². The molecule has 28 heavy (non-hydrogen) atoms. The van der Waals surface area contributed by atoms with Crippen LogP contribution in [0.5, 0.6) is 11.5 Å². The highest BCUT2D eigenvalue weighted by Gasteiger charge is 2.34. The first kappa shape index (κ1) is 18.4. The predicted octanol–water partition coefficient (Wildman–Crippen LogP) is 5.16. The molecule has 1 heterocycles. The quantitative estimate of drug-likeness (QED) is 0.640. The van der Waals surface area contributed by atoms with Crippen molar-refractivity contribution in [1.82, 2.24) is 0 Å². The number of hydrogen-bond donors (Lipinski definition) is 1. The molecule has 5 heteroatoms. The number of benzene rings is 2. The van der Waals surface area contributed by atoms with Crippen molar-refractivity contribution in [2.75, 3.05) is 14.2 Å². The van der Waals surface area contributed by atoms with Crippen molar-refractivity contribution in [1.29, 1.82) is 0 Å². The molecule has 1 aromatic heterocycles. The van der Waals surface area contributed by atoms with Gasteiger partial charge in [0.05, 0.1) is 20.1 Å². The summed E-state index contributed by atoms with van der Waals surface area (Å²) in [5, 5.41) is 10.6. The Balaban J connectivity index is 1.84.